The minimum atomic E-state index is -0.998. The zero-order chi connectivity index (χ0) is 17.1. The highest BCUT2D eigenvalue weighted by atomic mass is 16.5. The number of carbonyl (C=O) groups excluding carboxylic acids is 1. The van der Waals surface area contributed by atoms with Crippen LogP contribution in [0.5, 0.6) is 5.75 Å². The van der Waals surface area contributed by atoms with Gasteiger partial charge in [0.15, 0.2) is 0 Å². The number of carboxylic acids is 1. The highest BCUT2D eigenvalue weighted by Gasteiger charge is 2.32. The third-order valence-corrected chi connectivity index (χ3v) is 4.39. The van der Waals surface area contributed by atoms with Gasteiger partial charge in [0, 0.05) is 17.7 Å². The Balaban J connectivity index is 1.87. The molecular weight excluding hydrogens is 306 g/mol. The first kappa shape index (κ1) is 16.1. The Labute approximate surface area is 140 Å². The third-order valence-electron chi connectivity index (χ3n) is 4.39. The van der Waals surface area contributed by atoms with Gasteiger partial charge in [0.25, 0.3) is 5.91 Å². The van der Waals surface area contributed by atoms with E-state index >= 15 is 0 Å². The number of aromatic carboxylic acids is 1. The zero-order valence-corrected chi connectivity index (χ0v) is 13.4. The molecule has 0 radical (unpaired) electrons. The van der Waals surface area contributed by atoms with Crippen LogP contribution in [0.4, 0.5) is 0 Å². The fourth-order valence-electron chi connectivity index (χ4n) is 3.20. The second-order valence-electron chi connectivity index (χ2n) is 5.78. The summed E-state index contributed by atoms with van der Waals surface area (Å²) in [5.74, 6) is -0.300. The van der Waals surface area contributed by atoms with Gasteiger partial charge in [0.2, 0.25) is 0 Å². The normalized spacial score (nSPS) is 16.9. The molecule has 1 unspecified atom stereocenters. The lowest BCUT2D eigenvalue weighted by atomic mass is 10.0. The Morgan fingerprint density at radius 1 is 1.08 bits per heavy atom. The van der Waals surface area contributed by atoms with Crippen molar-refractivity contribution in [2.24, 2.45) is 0 Å². The van der Waals surface area contributed by atoms with Crippen molar-refractivity contribution in [1.82, 2.24) is 4.90 Å². The van der Waals surface area contributed by atoms with Gasteiger partial charge in [-0.25, -0.2) is 4.79 Å². The molecule has 1 aliphatic heterocycles. The maximum Gasteiger partial charge on any atom is 0.335 e. The summed E-state index contributed by atoms with van der Waals surface area (Å²) in [5, 5.41) is 8.97. The topological polar surface area (TPSA) is 66.8 Å². The van der Waals surface area contributed by atoms with Crippen LogP contribution in [0, 0.1) is 0 Å². The van der Waals surface area contributed by atoms with Crippen LogP contribution in [-0.2, 0) is 0 Å². The second kappa shape index (κ2) is 6.74. The number of hydrogen-bond acceptors (Lipinski definition) is 3. The van der Waals surface area contributed by atoms with Crippen LogP contribution in [-0.4, -0.2) is 35.5 Å². The van der Waals surface area contributed by atoms with Crippen molar-refractivity contribution in [1.29, 1.82) is 0 Å². The minimum absolute atomic E-state index is 0.0206. The second-order valence-corrected chi connectivity index (χ2v) is 5.78. The third kappa shape index (κ3) is 2.97. The van der Waals surface area contributed by atoms with E-state index in [1.807, 2.05) is 29.2 Å². The van der Waals surface area contributed by atoms with Gasteiger partial charge in [-0.1, -0.05) is 18.2 Å². The molecular formula is C19H19NO4. The molecule has 124 valence electrons. The van der Waals surface area contributed by atoms with Gasteiger partial charge in [-0.3, -0.25) is 4.79 Å². The summed E-state index contributed by atoms with van der Waals surface area (Å²) in [7, 11) is 1.63. The molecule has 1 N–H and O–H groups in total. The summed E-state index contributed by atoms with van der Waals surface area (Å²) in [5.41, 5.74) is 1.68. The number of rotatable bonds is 4. The van der Waals surface area contributed by atoms with Gasteiger partial charge in [-0.2, -0.15) is 0 Å². The average Bonchev–Trinajstić information content (AvgIpc) is 3.10. The molecule has 1 heterocycles. The number of methoxy groups -OCH3 is 1. The molecule has 1 aliphatic rings. The molecule has 2 aromatic carbocycles. The van der Waals surface area contributed by atoms with Crippen molar-refractivity contribution < 1.29 is 19.4 Å². The molecule has 1 fully saturated rings. The number of benzene rings is 2. The van der Waals surface area contributed by atoms with Crippen molar-refractivity contribution in [3.05, 3.63) is 65.2 Å². The number of carbonyl (C=O) groups is 2. The van der Waals surface area contributed by atoms with Gasteiger partial charge in [-0.15, -0.1) is 0 Å². The maximum absolute atomic E-state index is 12.8. The summed E-state index contributed by atoms with van der Waals surface area (Å²) >= 11 is 0. The van der Waals surface area contributed by atoms with Gasteiger partial charge >= 0.3 is 5.97 Å². The first-order valence-electron chi connectivity index (χ1n) is 7.89. The number of para-hydroxylation sites is 1. The standard InChI is InChI=1S/C19H19NO4/c1-24-17-7-3-2-5-15(17)16-6-4-12-20(16)18(21)13-8-10-14(11-9-13)19(22)23/h2-3,5,7-11,16H,4,6,12H2,1H3,(H,22,23). The van der Waals surface area contributed by atoms with Gasteiger partial charge < -0.3 is 14.7 Å². The molecule has 1 atom stereocenters. The lowest BCUT2D eigenvalue weighted by Gasteiger charge is -2.26. The SMILES string of the molecule is COc1ccccc1C1CCCN1C(=O)c1ccc(C(=O)O)cc1. The Morgan fingerprint density at radius 3 is 2.42 bits per heavy atom. The van der Waals surface area contributed by atoms with Crippen LogP contribution in [0.25, 0.3) is 0 Å². The highest BCUT2D eigenvalue weighted by molar-refractivity contribution is 5.96. The summed E-state index contributed by atoms with van der Waals surface area (Å²) in [6.07, 6.45) is 1.82. The van der Waals surface area contributed by atoms with Crippen molar-refractivity contribution in [3.8, 4) is 5.75 Å². The van der Waals surface area contributed by atoms with Crippen molar-refractivity contribution >= 4 is 11.9 Å². The number of hydrogen-bond donors (Lipinski definition) is 1. The number of carboxylic acid groups (broad SMARTS) is 1. The van der Waals surface area contributed by atoms with Crippen LogP contribution in [0.15, 0.2) is 48.5 Å². The molecule has 0 aromatic heterocycles. The summed E-state index contributed by atoms with van der Waals surface area (Å²) < 4.78 is 5.43. The van der Waals surface area contributed by atoms with E-state index in [0.29, 0.717) is 12.1 Å². The van der Waals surface area contributed by atoms with Crippen LogP contribution in [0.2, 0.25) is 0 Å². The molecule has 24 heavy (non-hydrogen) atoms. The Morgan fingerprint density at radius 2 is 1.75 bits per heavy atom. The quantitative estimate of drug-likeness (QED) is 0.936. The van der Waals surface area contributed by atoms with Crippen molar-refractivity contribution in [2.75, 3.05) is 13.7 Å². The van der Waals surface area contributed by atoms with E-state index in [1.54, 1.807) is 19.2 Å². The van der Waals surface area contributed by atoms with E-state index in [0.717, 1.165) is 24.2 Å². The van der Waals surface area contributed by atoms with Gasteiger partial charge in [0.05, 0.1) is 18.7 Å². The van der Waals surface area contributed by atoms with Crippen molar-refractivity contribution in [2.45, 2.75) is 18.9 Å². The van der Waals surface area contributed by atoms with Gasteiger partial charge in [0.1, 0.15) is 5.75 Å². The van der Waals surface area contributed by atoms with E-state index in [-0.39, 0.29) is 17.5 Å². The molecule has 0 aliphatic carbocycles. The fraction of sp³-hybridized carbons (Fsp3) is 0.263. The first-order chi connectivity index (χ1) is 11.6. The predicted octanol–water partition coefficient (Wildman–Crippen LogP) is 3.37. The number of likely N-dealkylation sites (tertiary alicyclic amines) is 1. The summed E-state index contributed by atoms with van der Waals surface area (Å²) in [4.78, 5) is 25.6. The molecule has 0 bridgehead atoms. The fourth-order valence-corrected chi connectivity index (χ4v) is 3.20. The van der Waals surface area contributed by atoms with E-state index < -0.39 is 5.97 Å². The lowest BCUT2D eigenvalue weighted by molar-refractivity contribution is 0.0692. The monoisotopic (exact) mass is 325 g/mol. The number of ether oxygens (including phenoxy) is 1. The van der Waals surface area contributed by atoms with E-state index in [4.69, 9.17) is 9.84 Å². The molecule has 0 saturated carbocycles. The Hall–Kier alpha value is -2.82. The Kier molecular flexibility index (Phi) is 4.51. The zero-order valence-electron chi connectivity index (χ0n) is 13.4. The van der Waals surface area contributed by atoms with Crippen LogP contribution >= 0.6 is 0 Å². The molecule has 0 spiro atoms. The summed E-state index contributed by atoms with van der Waals surface area (Å²) in [6, 6.07) is 13.8. The lowest BCUT2D eigenvalue weighted by Crippen LogP contribution is -2.30. The molecule has 2 aromatic rings. The average molecular weight is 325 g/mol. The predicted molar refractivity (Wildman–Crippen MR) is 89.4 cm³/mol. The van der Waals surface area contributed by atoms with E-state index in [2.05, 4.69) is 0 Å². The molecule has 5 nitrogen and oxygen atoms in total. The Bertz CT molecular complexity index is 754. The smallest absolute Gasteiger partial charge is 0.335 e. The summed E-state index contributed by atoms with van der Waals surface area (Å²) in [6.45, 7) is 0.683. The minimum Gasteiger partial charge on any atom is -0.496 e. The van der Waals surface area contributed by atoms with Crippen molar-refractivity contribution in [3.63, 3.8) is 0 Å². The number of nitrogens with zero attached hydrogens (tertiary/aromatic N) is 1. The molecule has 1 amide bonds. The van der Waals surface area contributed by atoms with Crippen LogP contribution in [0.3, 0.4) is 0 Å². The largest absolute Gasteiger partial charge is 0.496 e. The van der Waals surface area contributed by atoms with E-state index in [1.165, 1.54) is 12.1 Å². The maximum atomic E-state index is 12.8. The number of amides is 1. The first-order valence-corrected chi connectivity index (χ1v) is 7.89. The highest BCUT2D eigenvalue weighted by Crippen LogP contribution is 2.37. The van der Waals surface area contributed by atoms with Crippen LogP contribution < -0.4 is 4.74 Å². The molecule has 1 saturated heterocycles. The van der Waals surface area contributed by atoms with E-state index in [9.17, 15) is 9.59 Å². The molecule has 5 heteroatoms. The van der Waals surface area contributed by atoms with Crippen LogP contribution in [0.1, 0.15) is 45.2 Å². The molecule has 3 rings (SSSR count). The van der Waals surface area contributed by atoms with Gasteiger partial charge in [-0.05, 0) is 43.2 Å².